The molecule has 4 aromatic rings. The molecule has 0 radical (unpaired) electrons. The fourth-order valence-electron chi connectivity index (χ4n) is 3.95. The molecule has 4 aromatic heterocycles. The second kappa shape index (κ2) is 6.27. The van der Waals surface area contributed by atoms with E-state index < -0.39 is 5.60 Å². The van der Waals surface area contributed by atoms with Crippen LogP contribution >= 0.6 is 0 Å². The van der Waals surface area contributed by atoms with Crippen LogP contribution in [0.25, 0.3) is 27.8 Å². The number of aromatic amines is 1. The number of H-pyrrole nitrogens is 1. The second-order valence-electron chi connectivity index (χ2n) is 7.97. The van der Waals surface area contributed by atoms with Crippen molar-refractivity contribution in [3.8, 4) is 11.1 Å². The van der Waals surface area contributed by atoms with Gasteiger partial charge in [-0.05, 0) is 51.7 Å². The van der Waals surface area contributed by atoms with Crippen molar-refractivity contribution in [2.24, 2.45) is 0 Å². The highest BCUT2D eigenvalue weighted by Gasteiger charge is 2.28. The van der Waals surface area contributed by atoms with Gasteiger partial charge >= 0.3 is 0 Å². The molecule has 4 heterocycles. The van der Waals surface area contributed by atoms with E-state index in [1.54, 1.807) is 0 Å². The molecule has 1 aliphatic carbocycles. The van der Waals surface area contributed by atoms with Gasteiger partial charge < -0.3 is 15.4 Å². The monoisotopic (exact) mass is 377 g/mol. The van der Waals surface area contributed by atoms with Gasteiger partial charge in [-0.1, -0.05) is 0 Å². The summed E-state index contributed by atoms with van der Waals surface area (Å²) in [6.07, 6.45) is 9.29. The van der Waals surface area contributed by atoms with Crippen LogP contribution in [-0.2, 0) is 0 Å². The molecule has 0 amide bonds. The van der Waals surface area contributed by atoms with E-state index in [1.165, 1.54) is 0 Å². The van der Waals surface area contributed by atoms with Crippen molar-refractivity contribution in [2.45, 2.75) is 51.2 Å². The largest absolute Gasteiger partial charge is 0.390 e. The molecule has 144 valence electrons. The van der Waals surface area contributed by atoms with Gasteiger partial charge in [0.05, 0.1) is 5.60 Å². The molecule has 0 bridgehead atoms. The van der Waals surface area contributed by atoms with Crippen molar-refractivity contribution in [1.82, 2.24) is 29.5 Å². The lowest BCUT2D eigenvalue weighted by Crippen LogP contribution is -2.36. The topological polar surface area (TPSA) is 104 Å². The third-order valence-electron chi connectivity index (χ3n) is 5.71. The molecule has 1 saturated carbocycles. The Balaban J connectivity index is 1.42. The number of aliphatic hydroxyl groups is 1. The molecule has 0 atom stereocenters. The Kier molecular flexibility index (Phi) is 3.83. The highest BCUT2D eigenvalue weighted by molar-refractivity contribution is 5.93. The van der Waals surface area contributed by atoms with E-state index in [9.17, 15) is 5.11 Å². The number of aryl methyl sites for hydroxylation is 1. The molecule has 1 aliphatic rings. The van der Waals surface area contributed by atoms with E-state index in [0.29, 0.717) is 12.0 Å². The lowest BCUT2D eigenvalue weighted by Gasteiger charge is -2.33. The van der Waals surface area contributed by atoms with Gasteiger partial charge in [0.25, 0.3) is 0 Å². The molecule has 1 fully saturated rings. The van der Waals surface area contributed by atoms with Crippen molar-refractivity contribution in [3.05, 3.63) is 36.5 Å². The summed E-state index contributed by atoms with van der Waals surface area (Å²) < 4.78 is 1.98. The van der Waals surface area contributed by atoms with E-state index >= 15 is 0 Å². The van der Waals surface area contributed by atoms with Crippen LogP contribution in [-0.4, -0.2) is 46.3 Å². The zero-order valence-corrected chi connectivity index (χ0v) is 16.0. The molecule has 0 unspecified atom stereocenters. The lowest BCUT2D eigenvalue weighted by molar-refractivity contribution is 0.0196. The maximum absolute atomic E-state index is 10.1. The maximum Gasteiger partial charge on any atom is 0.224 e. The number of fused-ring (bicyclic) bond motifs is 2. The first-order valence-electron chi connectivity index (χ1n) is 9.63. The van der Waals surface area contributed by atoms with E-state index in [4.69, 9.17) is 0 Å². The number of nitrogens with zero attached hydrogens (tertiary/aromatic N) is 5. The minimum absolute atomic E-state index is 0.297. The summed E-state index contributed by atoms with van der Waals surface area (Å²) in [6.45, 7) is 3.84. The fourth-order valence-corrected chi connectivity index (χ4v) is 3.95. The SMILES string of the molecule is Cc1nnc2ccc(-c3c[nH]c4nc(N[C@H]5CC[C@@](C)(O)CC5)ncc34)cn12. The lowest BCUT2D eigenvalue weighted by atomic mass is 9.84. The molecule has 0 aromatic carbocycles. The maximum atomic E-state index is 10.1. The highest BCUT2D eigenvalue weighted by atomic mass is 16.3. The smallest absolute Gasteiger partial charge is 0.224 e. The van der Waals surface area contributed by atoms with Crippen molar-refractivity contribution in [1.29, 1.82) is 0 Å². The number of nitrogens with one attached hydrogen (secondary N) is 2. The summed E-state index contributed by atoms with van der Waals surface area (Å²) in [7, 11) is 0. The van der Waals surface area contributed by atoms with Crippen molar-refractivity contribution in [2.75, 3.05) is 5.32 Å². The summed E-state index contributed by atoms with van der Waals surface area (Å²) >= 11 is 0. The number of anilines is 1. The van der Waals surface area contributed by atoms with Crippen molar-refractivity contribution >= 4 is 22.6 Å². The number of rotatable bonds is 3. The molecule has 0 saturated heterocycles. The van der Waals surface area contributed by atoms with E-state index in [-0.39, 0.29) is 0 Å². The van der Waals surface area contributed by atoms with Gasteiger partial charge in [0.1, 0.15) is 11.5 Å². The first-order valence-corrected chi connectivity index (χ1v) is 9.63. The molecule has 8 heteroatoms. The fraction of sp³-hybridized carbons (Fsp3) is 0.400. The van der Waals surface area contributed by atoms with Crippen LogP contribution in [0, 0.1) is 6.92 Å². The molecule has 8 nitrogen and oxygen atoms in total. The van der Waals surface area contributed by atoms with E-state index in [0.717, 1.165) is 59.3 Å². The van der Waals surface area contributed by atoms with Gasteiger partial charge in [-0.2, -0.15) is 4.98 Å². The molecular weight excluding hydrogens is 354 g/mol. The zero-order valence-electron chi connectivity index (χ0n) is 16.0. The summed E-state index contributed by atoms with van der Waals surface area (Å²) in [5, 5.41) is 22.7. The highest BCUT2D eigenvalue weighted by Crippen LogP contribution is 2.30. The van der Waals surface area contributed by atoms with Crippen LogP contribution in [0.3, 0.4) is 0 Å². The minimum Gasteiger partial charge on any atom is -0.390 e. The first kappa shape index (κ1) is 17.1. The summed E-state index contributed by atoms with van der Waals surface area (Å²) in [4.78, 5) is 12.4. The first-order chi connectivity index (χ1) is 13.5. The van der Waals surface area contributed by atoms with Crippen LogP contribution in [0.4, 0.5) is 5.95 Å². The van der Waals surface area contributed by atoms with Gasteiger partial charge in [0.2, 0.25) is 5.95 Å². The van der Waals surface area contributed by atoms with Gasteiger partial charge in [0.15, 0.2) is 5.65 Å². The van der Waals surface area contributed by atoms with Crippen LogP contribution in [0.1, 0.15) is 38.4 Å². The predicted molar refractivity (Wildman–Crippen MR) is 107 cm³/mol. The van der Waals surface area contributed by atoms with E-state index in [1.807, 2.05) is 49.0 Å². The Morgan fingerprint density at radius 1 is 1.25 bits per heavy atom. The molecule has 3 N–H and O–H groups in total. The van der Waals surface area contributed by atoms with Crippen LogP contribution < -0.4 is 5.32 Å². The van der Waals surface area contributed by atoms with Gasteiger partial charge in [-0.3, -0.25) is 4.40 Å². The second-order valence-corrected chi connectivity index (χ2v) is 7.97. The Hall–Kier alpha value is -3.00. The minimum atomic E-state index is -0.540. The molecule has 0 spiro atoms. The Morgan fingerprint density at radius 3 is 2.89 bits per heavy atom. The molecule has 0 aliphatic heterocycles. The van der Waals surface area contributed by atoms with Crippen LogP contribution in [0.5, 0.6) is 0 Å². The third kappa shape index (κ3) is 2.99. The van der Waals surface area contributed by atoms with Gasteiger partial charge in [-0.15, -0.1) is 10.2 Å². The quantitative estimate of drug-likeness (QED) is 0.507. The zero-order chi connectivity index (χ0) is 19.3. The Bertz CT molecular complexity index is 1150. The molecule has 28 heavy (non-hydrogen) atoms. The number of hydrogen-bond acceptors (Lipinski definition) is 6. The third-order valence-corrected chi connectivity index (χ3v) is 5.71. The Labute approximate surface area is 162 Å². The number of aromatic nitrogens is 6. The standard InChI is InChI=1S/C20H23N7O/c1-12-25-26-17-4-3-13(11-27(12)17)15-9-21-18-16(15)10-22-19(24-18)23-14-5-7-20(2,28)8-6-14/h3-4,9-11,14,28H,5-8H2,1-2H3,(H2,21,22,23,24)/t14-,20+. The van der Waals surface area contributed by atoms with Crippen LogP contribution in [0.2, 0.25) is 0 Å². The molecule has 5 rings (SSSR count). The summed E-state index contributed by atoms with van der Waals surface area (Å²) in [5.74, 6) is 1.48. The van der Waals surface area contributed by atoms with Gasteiger partial charge in [-0.25, -0.2) is 4.98 Å². The van der Waals surface area contributed by atoms with E-state index in [2.05, 4.69) is 30.5 Å². The van der Waals surface area contributed by atoms with Crippen molar-refractivity contribution in [3.63, 3.8) is 0 Å². The molecular formula is C20H23N7O. The van der Waals surface area contributed by atoms with Crippen LogP contribution in [0.15, 0.2) is 30.7 Å². The average Bonchev–Trinajstić information content (AvgIpc) is 3.27. The summed E-state index contributed by atoms with van der Waals surface area (Å²) in [6, 6.07) is 4.29. The number of pyridine rings is 1. The number of hydrogen-bond donors (Lipinski definition) is 3. The van der Waals surface area contributed by atoms with Crippen molar-refractivity contribution < 1.29 is 5.11 Å². The normalized spacial score (nSPS) is 22.8. The predicted octanol–water partition coefficient (Wildman–Crippen LogP) is 3.08. The average molecular weight is 377 g/mol. The summed E-state index contributed by atoms with van der Waals surface area (Å²) in [5.41, 5.74) is 3.19. The Morgan fingerprint density at radius 2 is 2.07 bits per heavy atom. The van der Waals surface area contributed by atoms with Gasteiger partial charge in [0, 0.05) is 41.1 Å².